The zero-order valence-corrected chi connectivity index (χ0v) is 8.92. The summed E-state index contributed by atoms with van der Waals surface area (Å²) in [5.41, 5.74) is 6.44. The summed E-state index contributed by atoms with van der Waals surface area (Å²) in [5.74, 6) is -0.208. The van der Waals surface area contributed by atoms with Crippen LogP contribution in [0.4, 0.5) is 4.39 Å². The first kappa shape index (κ1) is 11.9. The number of benzene rings is 1. The van der Waals surface area contributed by atoms with Gasteiger partial charge in [0.2, 0.25) is 0 Å². The number of nitrogens with two attached hydrogens (primary N) is 1. The maximum Gasteiger partial charge on any atom is 0.162 e. The van der Waals surface area contributed by atoms with E-state index in [1.54, 1.807) is 13.0 Å². The van der Waals surface area contributed by atoms with Gasteiger partial charge < -0.3 is 5.73 Å². The SMILES string of the molecule is Cc1cc(C(=O)CCCCN)ccc1F. The highest BCUT2D eigenvalue weighted by molar-refractivity contribution is 5.96. The molecule has 0 aromatic heterocycles. The van der Waals surface area contributed by atoms with E-state index in [1.807, 2.05) is 0 Å². The van der Waals surface area contributed by atoms with Crippen molar-refractivity contribution in [3.63, 3.8) is 0 Å². The molecule has 82 valence electrons. The Balaban J connectivity index is 2.62. The van der Waals surface area contributed by atoms with Crippen LogP contribution < -0.4 is 5.73 Å². The van der Waals surface area contributed by atoms with Crippen LogP contribution in [0.25, 0.3) is 0 Å². The van der Waals surface area contributed by atoms with Crippen molar-refractivity contribution < 1.29 is 9.18 Å². The predicted molar refractivity (Wildman–Crippen MR) is 58.4 cm³/mol. The van der Waals surface area contributed by atoms with Crippen molar-refractivity contribution in [3.05, 3.63) is 35.1 Å². The molecular weight excluding hydrogens is 193 g/mol. The molecule has 0 bridgehead atoms. The van der Waals surface area contributed by atoms with Crippen LogP contribution in [-0.2, 0) is 0 Å². The average molecular weight is 209 g/mol. The van der Waals surface area contributed by atoms with Crippen LogP contribution in [0.15, 0.2) is 18.2 Å². The van der Waals surface area contributed by atoms with Gasteiger partial charge in [0.05, 0.1) is 0 Å². The van der Waals surface area contributed by atoms with E-state index in [0.717, 1.165) is 12.8 Å². The minimum absolute atomic E-state index is 0.0616. The summed E-state index contributed by atoms with van der Waals surface area (Å²) in [4.78, 5) is 11.6. The molecule has 1 aromatic rings. The molecular formula is C12H16FNO. The standard InChI is InChI=1S/C12H16FNO/c1-9-8-10(5-6-11(9)13)12(15)4-2-3-7-14/h5-6,8H,2-4,7,14H2,1H3. The lowest BCUT2D eigenvalue weighted by Gasteiger charge is -2.02. The largest absolute Gasteiger partial charge is 0.330 e. The van der Waals surface area contributed by atoms with Crippen molar-refractivity contribution in [2.45, 2.75) is 26.2 Å². The Kier molecular flexibility index (Phi) is 4.43. The molecule has 15 heavy (non-hydrogen) atoms. The second-order valence-corrected chi connectivity index (χ2v) is 3.63. The Morgan fingerprint density at radius 3 is 2.73 bits per heavy atom. The maximum atomic E-state index is 12.9. The fourth-order valence-corrected chi connectivity index (χ4v) is 1.39. The lowest BCUT2D eigenvalue weighted by atomic mass is 10.0. The van der Waals surface area contributed by atoms with Crippen LogP contribution in [0, 0.1) is 12.7 Å². The van der Waals surface area contributed by atoms with Gasteiger partial charge in [-0.2, -0.15) is 0 Å². The molecule has 0 aliphatic heterocycles. The molecule has 0 heterocycles. The fourth-order valence-electron chi connectivity index (χ4n) is 1.39. The van der Waals surface area contributed by atoms with Crippen LogP contribution in [0.1, 0.15) is 35.2 Å². The molecule has 2 N–H and O–H groups in total. The molecule has 0 saturated heterocycles. The number of hydrogen-bond acceptors (Lipinski definition) is 2. The van der Waals surface area contributed by atoms with Crippen molar-refractivity contribution in [2.24, 2.45) is 5.73 Å². The number of aryl methyl sites for hydroxylation is 1. The van der Waals surface area contributed by atoms with E-state index in [9.17, 15) is 9.18 Å². The Labute approximate surface area is 89.3 Å². The number of rotatable bonds is 5. The van der Waals surface area contributed by atoms with E-state index in [-0.39, 0.29) is 11.6 Å². The maximum absolute atomic E-state index is 12.9. The van der Waals surface area contributed by atoms with Gasteiger partial charge in [-0.3, -0.25) is 4.79 Å². The first-order chi connectivity index (χ1) is 7.15. The summed E-state index contributed by atoms with van der Waals surface area (Å²) >= 11 is 0. The van der Waals surface area contributed by atoms with E-state index in [2.05, 4.69) is 0 Å². The number of hydrogen-bond donors (Lipinski definition) is 1. The van der Waals surface area contributed by atoms with Crippen molar-refractivity contribution in [2.75, 3.05) is 6.54 Å². The molecule has 0 amide bonds. The van der Waals surface area contributed by atoms with Gasteiger partial charge in [-0.05, 0) is 50.1 Å². The van der Waals surface area contributed by atoms with Gasteiger partial charge in [0.15, 0.2) is 5.78 Å². The molecule has 0 unspecified atom stereocenters. The van der Waals surface area contributed by atoms with Crippen molar-refractivity contribution in [1.82, 2.24) is 0 Å². The quantitative estimate of drug-likeness (QED) is 0.598. The number of unbranched alkanes of at least 4 members (excludes halogenated alkanes) is 1. The Hall–Kier alpha value is -1.22. The molecule has 1 rings (SSSR count). The highest BCUT2D eigenvalue weighted by Gasteiger charge is 2.07. The third-order valence-electron chi connectivity index (χ3n) is 2.34. The number of carbonyl (C=O) groups excluding carboxylic acids is 1. The second-order valence-electron chi connectivity index (χ2n) is 3.63. The molecule has 1 aromatic carbocycles. The lowest BCUT2D eigenvalue weighted by Crippen LogP contribution is -2.03. The topological polar surface area (TPSA) is 43.1 Å². The van der Waals surface area contributed by atoms with E-state index in [1.165, 1.54) is 12.1 Å². The highest BCUT2D eigenvalue weighted by atomic mass is 19.1. The van der Waals surface area contributed by atoms with E-state index in [0.29, 0.717) is 24.1 Å². The summed E-state index contributed by atoms with van der Waals surface area (Å²) in [6, 6.07) is 4.47. The van der Waals surface area contributed by atoms with Gasteiger partial charge >= 0.3 is 0 Å². The van der Waals surface area contributed by atoms with Crippen LogP contribution in [0.5, 0.6) is 0 Å². The predicted octanol–water partition coefficient (Wildman–Crippen LogP) is 2.45. The number of carbonyl (C=O) groups is 1. The Bertz CT molecular complexity index is 349. The van der Waals surface area contributed by atoms with E-state index < -0.39 is 0 Å². The smallest absolute Gasteiger partial charge is 0.162 e. The zero-order chi connectivity index (χ0) is 11.3. The number of ketones is 1. The number of Topliss-reactive ketones (excluding diaryl/α,β-unsaturated/α-hetero) is 1. The van der Waals surface area contributed by atoms with E-state index >= 15 is 0 Å². The summed E-state index contributed by atoms with van der Waals surface area (Å²) in [6.07, 6.45) is 2.14. The zero-order valence-electron chi connectivity index (χ0n) is 8.92. The van der Waals surface area contributed by atoms with E-state index in [4.69, 9.17) is 5.73 Å². The van der Waals surface area contributed by atoms with Crippen LogP contribution in [0.2, 0.25) is 0 Å². The molecule has 0 aliphatic rings. The summed E-state index contributed by atoms with van der Waals surface area (Å²) in [6.45, 7) is 2.27. The lowest BCUT2D eigenvalue weighted by molar-refractivity contribution is 0.0979. The van der Waals surface area contributed by atoms with Crippen LogP contribution in [0.3, 0.4) is 0 Å². The van der Waals surface area contributed by atoms with Crippen molar-refractivity contribution >= 4 is 5.78 Å². The average Bonchev–Trinajstić information content (AvgIpc) is 2.22. The first-order valence-electron chi connectivity index (χ1n) is 5.14. The van der Waals surface area contributed by atoms with Crippen LogP contribution in [-0.4, -0.2) is 12.3 Å². The summed E-state index contributed by atoms with van der Waals surface area (Å²) in [7, 11) is 0. The highest BCUT2D eigenvalue weighted by Crippen LogP contribution is 2.12. The van der Waals surface area contributed by atoms with Crippen LogP contribution >= 0.6 is 0 Å². The molecule has 0 radical (unpaired) electrons. The minimum Gasteiger partial charge on any atom is -0.330 e. The van der Waals surface area contributed by atoms with Crippen molar-refractivity contribution in [1.29, 1.82) is 0 Å². The van der Waals surface area contributed by atoms with Crippen molar-refractivity contribution in [3.8, 4) is 0 Å². The van der Waals surface area contributed by atoms with Gasteiger partial charge in [0.1, 0.15) is 5.82 Å². The molecule has 0 saturated carbocycles. The fraction of sp³-hybridized carbons (Fsp3) is 0.417. The van der Waals surface area contributed by atoms with Gasteiger partial charge in [-0.15, -0.1) is 0 Å². The monoisotopic (exact) mass is 209 g/mol. The number of halogens is 1. The first-order valence-corrected chi connectivity index (χ1v) is 5.14. The molecule has 2 nitrogen and oxygen atoms in total. The molecule has 0 atom stereocenters. The minimum atomic E-state index is -0.270. The Morgan fingerprint density at radius 2 is 2.13 bits per heavy atom. The van der Waals surface area contributed by atoms with Gasteiger partial charge in [-0.25, -0.2) is 4.39 Å². The summed E-state index contributed by atoms with van der Waals surface area (Å²) < 4.78 is 12.9. The molecule has 3 heteroatoms. The Morgan fingerprint density at radius 1 is 1.40 bits per heavy atom. The summed E-state index contributed by atoms with van der Waals surface area (Å²) in [5, 5.41) is 0. The second kappa shape index (κ2) is 5.61. The third kappa shape index (κ3) is 3.44. The van der Waals surface area contributed by atoms with Gasteiger partial charge in [-0.1, -0.05) is 0 Å². The molecule has 0 spiro atoms. The van der Waals surface area contributed by atoms with Gasteiger partial charge in [0, 0.05) is 12.0 Å². The normalized spacial score (nSPS) is 10.3. The molecule has 0 fully saturated rings. The van der Waals surface area contributed by atoms with Gasteiger partial charge in [0.25, 0.3) is 0 Å². The molecule has 0 aliphatic carbocycles. The third-order valence-corrected chi connectivity index (χ3v) is 2.34.